The highest BCUT2D eigenvalue weighted by molar-refractivity contribution is 9.10. The molecule has 7 heteroatoms. The molecule has 28 heavy (non-hydrogen) atoms. The van der Waals surface area contributed by atoms with Crippen molar-refractivity contribution >= 4 is 27.5 Å². The fourth-order valence-electron chi connectivity index (χ4n) is 6.33. The van der Waals surface area contributed by atoms with Gasteiger partial charge in [0.2, 0.25) is 5.91 Å². The lowest BCUT2D eigenvalue weighted by Crippen LogP contribution is -2.57. The molecule has 146 valence electrons. The van der Waals surface area contributed by atoms with Gasteiger partial charge in [0.05, 0.1) is 11.5 Å². The largest absolute Gasteiger partial charge is 0.326 e. The molecule has 2 unspecified atom stereocenters. The number of carbonyl (C=O) groups is 1. The van der Waals surface area contributed by atoms with Crippen LogP contribution in [0.5, 0.6) is 0 Å². The van der Waals surface area contributed by atoms with Crippen LogP contribution in [0.4, 0.5) is 5.69 Å². The van der Waals surface area contributed by atoms with Crippen LogP contribution < -0.4 is 5.32 Å². The van der Waals surface area contributed by atoms with Crippen LogP contribution in [0.25, 0.3) is 11.4 Å². The van der Waals surface area contributed by atoms with E-state index in [0.717, 1.165) is 49.2 Å². The van der Waals surface area contributed by atoms with E-state index >= 15 is 0 Å². The Kier molecular flexibility index (Phi) is 3.59. The molecule has 7 rings (SSSR count). The summed E-state index contributed by atoms with van der Waals surface area (Å²) in [5.41, 5.74) is 1.66. The van der Waals surface area contributed by atoms with Crippen molar-refractivity contribution in [3.8, 4) is 11.4 Å². The van der Waals surface area contributed by atoms with E-state index in [9.17, 15) is 4.79 Å². The highest BCUT2D eigenvalue weighted by Crippen LogP contribution is 2.64. The van der Waals surface area contributed by atoms with Gasteiger partial charge in [-0.15, -0.1) is 5.10 Å². The third kappa shape index (κ3) is 2.73. The van der Waals surface area contributed by atoms with Gasteiger partial charge in [-0.3, -0.25) is 4.79 Å². The Morgan fingerprint density at radius 3 is 2.46 bits per heavy atom. The topological polar surface area (TPSA) is 72.7 Å². The van der Waals surface area contributed by atoms with E-state index in [2.05, 4.69) is 36.8 Å². The molecule has 0 saturated heterocycles. The van der Waals surface area contributed by atoms with Crippen molar-refractivity contribution in [2.24, 2.45) is 17.3 Å². The van der Waals surface area contributed by atoms with Crippen LogP contribution >= 0.6 is 15.9 Å². The Morgan fingerprint density at radius 2 is 1.82 bits per heavy atom. The maximum atomic E-state index is 13.3. The van der Waals surface area contributed by atoms with Crippen LogP contribution in [0.2, 0.25) is 0 Å². The highest BCUT2D eigenvalue weighted by atomic mass is 79.9. The molecule has 6 nitrogen and oxygen atoms in total. The van der Waals surface area contributed by atoms with Crippen LogP contribution in [-0.2, 0) is 4.79 Å². The zero-order chi connectivity index (χ0) is 18.9. The number of anilines is 1. The lowest BCUT2D eigenvalue weighted by molar-refractivity contribution is -0.138. The number of hydrogen-bond donors (Lipinski definition) is 1. The first-order valence-corrected chi connectivity index (χ1v) is 11.2. The predicted molar refractivity (Wildman–Crippen MR) is 109 cm³/mol. The minimum absolute atomic E-state index is 0.192. The lowest BCUT2D eigenvalue weighted by atomic mass is 9.49. The number of halogens is 1. The molecule has 1 heterocycles. The molecule has 4 bridgehead atoms. The summed E-state index contributed by atoms with van der Waals surface area (Å²) in [6.45, 7) is 0. The van der Waals surface area contributed by atoms with Crippen LogP contribution in [0.1, 0.15) is 57.4 Å². The molecule has 1 aromatic carbocycles. The van der Waals surface area contributed by atoms with E-state index in [1.54, 1.807) is 0 Å². The van der Waals surface area contributed by atoms with E-state index in [4.69, 9.17) is 0 Å². The second kappa shape index (κ2) is 5.88. The van der Waals surface area contributed by atoms with Gasteiger partial charge >= 0.3 is 0 Å². The minimum atomic E-state index is -0.192. The van der Waals surface area contributed by atoms with Gasteiger partial charge in [0, 0.05) is 15.6 Å². The summed E-state index contributed by atoms with van der Waals surface area (Å²) in [5.74, 6) is 2.42. The number of amides is 1. The molecule has 5 aliphatic rings. The number of nitrogens with zero attached hydrogens (tertiary/aromatic N) is 4. The van der Waals surface area contributed by atoms with Crippen LogP contribution in [0.15, 0.2) is 24.3 Å². The maximum absolute atomic E-state index is 13.3. The van der Waals surface area contributed by atoms with Gasteiger partial charge in [-0.1, -0.05) is 15.9 Å². The number of hydrogen-bond acceptors (Lipinski definition) is 4. The average Bonchev–Trinajstić information content (AvgIpc) is 3.37. The fraction of sp³-hybridized carbons (Fsp3) is 0.619. The minimum Gasteiger partial charge on any atom is -0.326 e. The Hall–Kier alpha value is -1.76. The molecule has 0 spiro atoms. The Morgan fingerprint density at radius 1 is 1.11 bits per heavy atom. The van der Waals surface area contributed by atoms with Crippen molar-refractivity contribution in [1.82, 2.24) is 20.2 Å². The maximum Gasteiger partial charge on any atom is 0.230 e. The number of alkyl halides is 1. The zero-order valence-electron chi connectivity index (χ0n) is 15.8. The summed E-state index contributed by atoms with van der Waals surface area (Å²) < 4.78 is 2.11. The third-order valence-electron chi connectivity index (χ3n) is 7.26. The summed E-state index contributed by atoms with van der Waals surface area (Å²) in [6.07, 6.45) is 9.16. The van der Waals surface area contributed by atoms with Crippen molar-refractivity contribution in [2.45, 2.75) is 61.7 Å². The van der Waals surface area contributed by atoms with Crippen molar-refractivity contribution < 1.29 is 4.79 Å². The Labute approximate surface area is 172 Å². The number of aromatic nitrogens is 4. The quantitative estimate of drug-likeness (QED) is 0.715. The second-order valence-corrected chi connectivity index (χ2v) is 11.3. The molecule has 2 atom stereocenters. The summed E-state index contributed by atoms with van der Waals surface area (Å²) >= 11 is 4.00. The third-order valence-corrected chi connectivity index (χ3v) is 8.19. The molecular formula is C21H24BrN5O. The first-order valence-electron chi connectivity index (χ1n) is 10.4. The van der Waals surface area contributed by atoms with E-state index < -0.39 is 0 Å². The number of benzene rings is 1. The van der Waals surface area contributed by atoms with Crippen molar-refractivity contribution in [2.75, 3.05) is 5.32 Å². The monoisotopic (exact) mass is 441 g/mol. The number of tetrazole rings is 1. The van der Waals surface area contributed by atoms with Gasteiger partial charge in [-0.25, -0.2) is 4.68 Å². The van der Waals surface area contributed by atoms with Crippen molar-refractivity contribution in [3.63, 3.8) is 0 Å². The molecule has 0 aliphatic heterocycles. The van der Waals surface area contributed by atoms with Crippen molar-refractivity contribution in [3.05, 3.63) is 24.3 Å². The molecule has 1 aromatic heterocycles. The van der Waals surface area contributed by atoms with E-state index in [0.29, 0.717) is 17.9 Å². The van der Waals surface area contributed by atoms with Gasteiger partial charge in [-0.2, -0.15) is 0 Å². The molecule has 1 amide bonds. The summed E-state index contributed by atoms with van der Waals surface area (Å²) in [7, 11) is 0. The fourth-order valence-corrected chi connectivity index (χ4v) is 7.78. The van der Waals surface area contributed by atoms with E-state index in [-0.39, 0.29) is 15.6 Å². The highest BCUT2D eigenvalue weighted by Gasteiger charge is 2.59. The van der Waals surface area contributed by atoms with Crippen LogP contribution in [-0.4, -0.2) is 30.4 Å². The average molecular weight is 442 g/mol. The normalized spacial score (nSPS) is 35.9. The van der Waals surface area contributed by atoms with Gasteiger partial charge in [0.15, 0.2) is 5.82 Å². The van der Waals surface area contributed by atoms with Crippen LogP contribution in [0, 0.1) is 17.3 Å². The second-order valence-electron chi connectivity index (χ2n) is 9.60. The number of rotatable bonds is 4. The summed E-state index contributed by atoms with van der Waals surface area (Å²) in [4.78, 5) is 13.3. The van der Waals surface area contributed by atoms with Crippen molar-refractivity contribution in [1.29, 1.82) is 0 Å². The van der Waals surface area contributed by atoms with Gasteiger partial charge < -0.3 is 5.32 Å². The molecule has 5 saturated carbocycles. The van der Waals surface area contributed by atoms with E-state index in [1.807, 2.05) is 28.9 Å². The molecule has 0 radical (unpaired) electrons. The number of nitrogens with one attached hydrogen (secondary N) is 1. The molecule has 1 N–H and O–H groups in total. The SMILES string of the molecule is O=C(Nc1ccc(-c2nnnn2C2CC2)cc1)C12CC3CC(CC(Br)(C3)C1)C2. The first-order chi connectivity index (χ1) is 13.5. The molecule has 2 aromatic rings. The summed E-state index contributed by atoms with van der Waals surface area (Å²) in [6, 6.07) is 8.40. The van der Waals surface area contributed by atoms with Gasteiger partial charge in [0.1, 0.15) is 0 Å². The molecule has 5 aliphatic carbocycles. The number of carbonyl (C=O) groups excluding carboxylic acids is 1. The van der Waals surface area contributed by atoms with Crippen LogP contribution in [0.3, 0.4) is 0 Å². The van der Waals surface area contributed by atoms with E-state index in [1.165, 1.54) is 19.3 Å². The Balaban J connectivity index is 1.21. The zero-order valence-corrected chi connectivity index (χ0v) is 17.4. The first kappa shape index (κ1) is 17.1. The van der Waals surface area contributed by atoms with Gasteiger partial charge in [-0.05, 0) is 97.9 Å². The molecular weight excluding hydrogens is 418 g/mol. The molecule has 5 fully saturated rings. The summed E-state index contributed by atoms with van der Waals surface area (Å²) in [5, 5.41) is 15.4. The lowest BCUT2D eigenvalue weighted by Gasteiger charge is -2.59. The Bertz CT molecular complexity index is 921. The van der Waals surface area contributed by atoms with Gasteiger partial charge in [0.25, 0.3) is 0 Å². The standard InChI is InChI=1S/C21H24BrN5O/c22-21-10-13-7-14(11-21)9-20(8-13,12-21)19(28)23-16-3-1-15(2-4-16)18-24-25-26-27(18)17-5-6-17/h1-4,13-14,17H,5-12H2,(H,23,28). The predicted octanol–water partition coefficient (Wildman–Crippen LogP) is 4.35. The smallest absolute Gasteiger partial charge is 0.230 e.